The lowest BCUT2D eigenvalue weighted by atomic mass is 10.3. The first-order chi connectivity index (χ1) is 5.09. The summed E-state index contributed by atoms with van der Waals surface area (Å²) < 4.78 is 4.78. The summed E-state index contributed by atoms with van der Waals surface area (Å²) in [5, 5.41) is -0.329. The molecule has 0 bridgehead atoms. The van der Waals surface area contributed by atoms with Gasteiger partial charge in [0.1, 0.15) is 6.10 Å². The first-order valence-corrected chi connectivity index (χ1v) is 4.02. The van der Waals surface area contributed by atoms with Crippen LogP contribution < -0.4 is 0 Å². The molecule has 1 aliphatic heterocycles. The fourth-order valence-corrected chi connectivity index (χ4v) is 1.58. The van der Waals surface area contributed by atoms with Crippen molar-refractivity contribution in [1.29, 1.82) is 0 Å². The fraction of sp³-hybridized carbons (Fsp3) is 0.429. The van der Waals surface area contributed by atoms with Crippen molar-refractivity contribution in [2.45, 2.75) is 20.0 Å². The molecule has 4 heteroatoms. The Morgan fingerprint density at radius 1 is 1.73 bits per heavy atom. The second-order valence-electron chi connectivity index (χ2n) is 2.27. The number of hydrogen-bond donors (Lipinski definition) is 0. The molecule has 1 unspecified atom stereocenters. The first-order valence-electron chi connectivity index (χ1n) is 3.20. The molecule has 0 saturated carbocycles. The van der Waals surface area contributed by atoms with Crippen LogP contribution in [0, 0.1) is 0 Å². The maximum atomic E-state index is 10.6. The van der Waals surface area contributed by atoms with Crippen LogP contribution in [0.5, 0.6) is 0 Å². The SMILES string of the molecule is CC(=O)/C=C1\SC(=O)OC1C. The third-order valence-electron chi connectivity index (χ3n) is 1.22. The standard InChI is InChI=1S/C7H8O3S/c1-4(8)3-6-5(2)10-7(9)11-6/h3,5H,1-2H3/b6-3-. The Morgan fingerprint density at radius 2 is 2.36 bits per heavy atom. The number of rotatable bonds is 1. The molecule has 60 valence electrons. The van der Waals surface area contributed by atoms with Crippen molar-refractivity contribution in [3.63, 3.8) is 0 Å². The fourth-order valence-electron chi connectivity index (χ4n) is 0.753. The molecular weight excluding hydrogens is 164 g/mol. The summed E-state index contributed by atoms with van der Waals surface area (Å²) in [5.74, 6) is -0.0577. The van der Waals surface area contributed by atoms with Crippen LogP contribution in [0.2, 0.25) is 0 Å². The molecule has 0 aromatic rings. The van der Waals surface area contributed by atoms with Crippen molar-refractivity contribution in [3.05, 3.63) is 11.0 Å². The molecule has 0 radical (unpaired) electrons. The zero-order valence-corrected chi connectivity index (χ0v) is 7.10. The van der Waals surface area contributed by atoms with Gasteiger partial charge in [-0.05, 0) is 31.7 Å². The third-order valence-corrected chi connectivity index (χ3v) is 2.17. The molecule has 0 aliphatic carbocycles. The second-order valence-corrected chi connectivity index (χ2v) is 3.28. The quantitative estimate of drug-likeness (QED) is 0.446. The molecule has 0 aromatic carbocycles. The van der Waals surface area contributed by atoms with E-state index >= 15 is 0 Å². The van der Waals surface area contributed by atoms with Crippen LogP contribution in [0.3, 0.4) is 0 Å². The normalized spacial score (nSPS) is 27.3. The Labute approximate surface area is 68.8 Å². The largest absolute Gasteiger partial charge is 0.449 e. The van der Waals surface area contributed by atoms with Crippen LogP contribution in [0.4, 0.5) is 4.79 Å². The molecule has 1 saturated heterocycles. The van der Waals surface area contributed by atoms with E-state index in [1.54, 1.807) is 6.92 Å². The predicted molar refractivity (Wildman–Crippen MR) is 42.3 cm³/mol. The lowest BCUT2D eigenvalue weighted by Gasteiger charge is -1.98. The van der Waals surface area contributed by atoms with Crippen molar-refractivity contribution in [3.8, 4) is 0 Å². The monoisotopic (exact) mass is 172 g/mol. The maximum absolute atomic E-state index is 10.6. The minimum absolute atomic E-state index is 0.0577. The van der Waals surface area contributed by atoms with Gasteiger partial charge < -0.3 is 4.74 Å². The number of carbonyl (C=O) groups excluding carboxylic acids is 2. The van der Waals surface area contributed by atoms with E-state index in [4.69, 9.17) is 4.74 Å². The molecule has 0 N–H and O–H groups in total. The maximum Gasteiger partial charge on any atom is 0.372 e. The van der Waals surface area contributed by atoms with Crippen LogP contribution in [-0.2, 0) is 9.53 Å². The van der Waals surface area contributed by atoms with Crippen molar-refractivity contribution in [1.82, 2.24) is 0 Å². The molecule has 1 atom stereocenters. The Kier molecular flexibility index (Phi) is 2.34. The van der Waals surface area contributed by atoms with Gasteiger partial charge in [0.15, 0.2) is 5.78 Å². The lowest BCUT2D eigenvalue weighted by Crippen LogP contribution is -2.02. The lowest BCUT2D eigenvalue weighted by molar-refractivity contribution is -0.112. The summed E-state index contributed by atoms with van der Waals surface area (Å²) in [4.78, 5) is 21.9. The number of cyclic esters (lactones) is 1. The number of ether oxygens (including phenoxy) is 1. The molecule has 11 heavy (non-hydrogen) atoms. The van der Waals surface area contributed by atoms with Gasteiger partial charge in [0, 0.05) is 4.91 Å². The van der Waals surface area contributed by atoms with Crippen LogP contribution in [0.1, 0.15) is 13.8 Å². The van der Waals surface area contributed by atoms with Crippen molar-refractivity contribution < 1.29 is 14.3 Å². The highest BCUT2D eigenvalue weighted by molar-refractivity contribution is 8.17. The van der Waals surface area contributed by atoms with E-state index in [-0.39, 0.29) is 17.2 Å². The van der Waals surface area contributed by atoms with Gasteiger partial charge in [0.05, 0.1) is 0 Å². The van der Waals surface area contributed by atoms with Crippen molar-refractivity contribution >= 4 is 22.8 Å². The Morgan fingerprint density at radius 3 is 2.73 bits per heavy atom. The van der Waals surface area contributed by atoms with Crippen LogP contribution in [0.15, 0.2) is 11.0 Å². The van der Waals surface area contributed by atoms with Gasteiger partial charge >= 0.3 is 5.30 Å². The van der Waals surface area contributed by atoms with Crippen LogP contribution in [0.25, 0.3) is 0 Å². The Balaban J connectivity index is 2.74. The molecule has 1 rings (SSSR count). The number of thioether (sulfide) groups is 1. The van der Waals surface area contributed by atoms with E-state index < -0.39 is 0 Å². The number of allylic oxidation sites excluding steroid dienone is 1. The average Bonchev–Trinajstić information content (AvgIpc) is 2.09. The van der Waals surface area contributed by atoms with Crippen LogP contribution >= 0.6 is 11.8 Å². The smallest absolute Gasteiger partial charge is 0.372 e. The summed E-state index contributed by atoms with van der Waals surface area (Å²) in [7, 11) is 0. The Hall–Kier alpha value is -0.770. The Bertz CT molecular complexity index is 232. The van der Waals surface area contributed by atoms with Gasteiger partial charge in [-0.1, -0.05) is 0 Å². The molecule has 1 heterocycles. The van der Waals surface area contributed by atoms with Crippen LogP contribution in [-0.4, -0.2) is 17.2 Å². The summed E-state index contributed by atoms with van der Waals surface area (Å²) >= 11 is 0.981. The predicted octanol–water partition coefficient (Wildman–Crippen LogP) is 1.73. The third kappa shape index (κ3) is 2.08. The van der Waals surface area contributed by atoms with E-state index in [1.165, 1.54) is 13.0 Å². The second kappa shape index (κ2) is 3.09. The van der Waals surface area contributed by atoms with Gasteiger partial charge in [0.2, 0.25) is 0 Å². The number of hydrogen-bond acceptors (Lipinski definition) is 4. The van der Waals surface area contributed by atoms with Gasteiger partial charge in [-0.3, -0.25) is 4.79 Å². The highest BCUT2D eigenvalue weighted by Gasteiger charge is 2.26. The van der Waals surface area contributed by atoms with E-state index in [1.807, 2.05) is 0 Å². The minimum atomic E-state index is -0.329. The van der Waals surface area contributed by atoms with Crippen molar-refractivity contribution in [2.75, 3.05) is 0 Å². The van der Waals surface area contributed by atoms with E-state index in [2.05, 4.69) is 0 Å². The summed E-state index contributed by atoms with van der Waals surface area (Å²) in [5.41, 5.74) is 0. The molecule has 3 nitrogen and oxygen atoms in total. The van der Waals surface area contributed by atoms with Gasteiger partial charge in [-0.2, -0.15) is 0 Å². The topological polar surface area (TPSA) is 43.4 Å². The average molecular weight is 172 g/mol. The van der Waals surface area contributed by atoms with E-state index in [0.29, 0.717) is 4.91 Å². The summed E-state index contributed by atoms with van der Waals surface area (Å²) in [6.07, 6.45) is 1.18. The van der Waals surface area contributed by atoms with Crippen molar-refractivity contribution in [2.24, 2.45) is 0 Å². The summed E-state index contributed by atoms with van der Waals surface area (Å²) in [6.45, 7) is 3.19. The number of carbonyl (C=O) groups is 2. The molecule has 0 amide bonds. The van der Waals surface area contributed by atoms with Gasteiger partial charge in [0.25, 0.3) is 0 Å². The van der Waals surface area contributed by atoms with E-state index in [9.17, 15) is 9.59 Å². The molecule has 1 aliphatic rings. The number of ketones is 1. The first kappa shape index (κ1) is 8.33. The molecule has 1 fully saturated rings. The molecule has 0 aromatic heterocycles. The van der Waals surface area contributed by atoms with E-state index in [0.717, 1.165) is 11.8 Å². The molecule has 0 spiro atoms. The highest BCUT2D eigenvalue weighted by atomic mass is 32.2. The van der Waals surface area contributed by atoms with Gasteiger partial charge in [-0.25, -0.2) is 4.79 Å². The summed E-state index contributed by atoms with van der Waals surface area (Å²) in [6, 6.07) is 0. The minimum Gasteiger partial charge on any atom is -0.449 e. The van der Waals surface area contributed by atoms with Gasteiger partial charge in [-0.15, -0.1) is 0 Å². The zero-order valence-electron chi connectivity index (χ0n) is 6.29. The zero-order chi connectivity index (χ0) is 8.43. The highest BCUT2D eigenvalue weighted by Crippen LogP contribution is 2.31. The molecular formula is C7H8O3S.